The van der Waals surface area contributed by atoms with E-state index in [-0.39, 0.29) is 12.3 Å². The van der Waals surface area contributed by atoms with Gasteiger partial charge in [0.2, 0.25) is 0 Å². The third-order valence-corrected chi connectivity index (χ3v) is 4.36. The zero-order chi connectivity index (χ0) is 19.4. The first-order valence-corrected chi connectivity index (χ1v) is 8.71. The van der Waals surface area contributed by atoms with Gasteiger partial charge in [-0.1, -0.05) is 18.2 Å². The highest BCUT2D eigenvalue weighted by molar-refractivity contribution is 6.04. The SMILES string of the molecule is C=CCCOc1ccc(C(=O)n2c(C)cc3c(CC(=O)O)cccc32)cc1. The third kappa shape index (κ3) is 3.92. The summed E-state index contributed by atoms with van der Waals surface area (Å²) in [6, 6.07) is 14.3. The van der Waals surface area contributed by atoms with Gasteiger partial charge < -0.3 is 9.84 Å². The number of hydrogen-bond acceptors (Lipinski definition) is 3. The molecule has 27 heavy (non-hydrogen) atoms. The normalized spacial score (nSPS) is 10.7. The Bertz CT molecular complexity index is 999. The number of ether oxygens (including phenoxy) is 1. The molecule has 0 unspecified atom stereocenters. The van der Waals surface area contributed by atoms with Crippen LogP contribution in [0.25, 0.3) is 10.9 Å². The van der Waals surface area contributed by atoms with Crippen molar-refractivity contribution in [2.75, 3.05) is 6.61 Å². The number of aromatic nitrogens is 1. The molecule has 1 heterocycles. The van der Waals surface area contributed by atoms with Crippen molar-refractivity contribution in [2.24, 2.45) is 0 Å². The summed E-state index contributed by atoms with van der Waals surface area (Å²) < 4.78 is 7.19. The second-order valence-electron chi connectivity index (χ2n) is 6.30. The molecule has 0 saturated carbocycles. The van der Waals surface area contributed by atoms with Gasteiger partial charge in [0.15, 0.2) is 0 Å². The summed E-state index contributed by atoms with van der Waals surface area (Å²) in [5.41, 5.74) is 2.71. The van der Waals surface area contributed by atoms with Crippen molar-refractivity contribution in [1.82, 2.24) is 4.57 Å². The Morgan fingerprint density at radius 3 is 2.59 bits per heavy atom. The summed E-state index contributed by atoms with van der Waals surface area (Å²) in [7, 11) is 0. The van der Waals surface area contributed by atoms with Crippen LogP contribution in [0.4, 0.5) is 0 Å². The van der Waals surface area contributed by atoms with Crippen LogP contribution in [0.5, 0.6) is 5.75 Å². The summed E-state index contributed by atoms with van der Waals surface area (Å²) in [5, 5.41) is 9.89. The monoisotopic (exact) mass is 363 g/mol. The second-order valence-corrected chi connectivity index (χ2v) is 6.30. The van der Waals surface area contributed by atoms with E-state index in [9.17, 15) is 9.59 Å². The minimum absolute atomic E-state index is 0.0777. The Balaban J connectivity index is 1.92. The van der Waals surface area contributed by atoms with Crippen molar-refractivity contribution in [3.8, 4) is 5.75 Å². The lowest BCUT2D eigenvalue weighted by Crippen LogP contribution is -2.13. The van der Waals surface area contributed by atoms with Crippen LogP contribution in [0.3, 0.4) is 0 Å². The molecule has 0 fully saturated rings. The Morgan fingerprint density at radius 1 is 1.19 bits per heavy atom. The van der Waals surface area contributed by atoms with Gasteiger partial charge in [0.25, 0.3) is 5.91 Å². The molecule has 0 bridgehead atoms. The third-order valence-electron chi connectivity index (χ3n) is 4.36. The van der Waals surface area contributed by atoms with E-state index in [4.69, 9.17) is 9.84 Å². The van der Waals surface area contributed by atoms with Crippen LogP contribution in [0.2, 0.25) is 0 Å². The predicted molar refractivity (Wildman–Crippen MR) is 104 cm³/mol. The molecule has 0 amide bonds. The number of carboxylic acid groups (broad SMARTS) is 1. The average Bonchev–Trinajstić information content (AvgIpc) is 2.98. The first-order valence-electron chi connectivity index (χ1n) is 8.71. The van der Waals surface area contributed by atoms with Crippen molar-refractivity contribution in [1.29, 1.82) is 0 Å². The van der Waals surface area contributed by atoms with E-state index in [0.717, 1.165) is 17.5 Å². The fraction of sp³-hybridized carbons (Fsp3) is 0.182. The Kier molecular flexibility index (Phi) is 5.41. The number of rotatable bonds is 7. The molecule has 5 nitrogen and oxygen atoms in total. The molecule has 3 aromatic rings. The van der Waals surface area contributed by atoms with Crippen LogP contribution in [0.15, 0.2) is 61.2 Å². The van der Waals surface area contributed by atoms with E-state index in [1.807, 2.05) is 19.1 Å². The maximum absolute atomic E-state index is 13.0. The molecule has 5 heteroatoms. The van der Waals surface area contributed by atoms with Gasteiger partial charge in [-0.05, 0) is 55.3 Å². The van der Waals surface area contributed by atoms with E-state index in [0.29, 0.717) is 29.0 Å². The molecule has 2 aromatic carbocycles. The quantitative estimate of drug-likeness (QED) is 0.504. The number of hydrogen-bond donors (Lipinski definition) is 1. The van der Waals surface area contributed by atoms with E-state index in [1.165, 1.54) is 0 Å². The average molecular weight is 363 g/mol. The molecule has 1 N–H and O–H groups in total. The minimum Gasteiger partial charge on any atom is -0.493 e. The Labute approximate surface area is 157 Å². The van der Waals surface area contributed by atoms with Crippen molar-refractivity contribution < 1.29 is 19.4 Å². The summed E-state index contributed by atoms with van der Waals surface area (Å²) >= 11 is 0. The van der Waals surface area contributed by atoms with E-state index in [2.05, 4.69) is 6.58 Å². The smallest absolute Gasteiger partial charge is 0.307 e. The van der Waals surface area contributed by atoms with Gasteiger partial charge in [-0.2, -0.15) is 0 Å². The van der Waals surface area contributed by atoms with Crippen LogP contribution in [0.1, 0.15) is 28.0 Å². The molecule has 0 atom stereocenters. The van der Waals surface area contributed by atoms with Gasteiger partial charge in [0.05, 0.1) is 18.5 Å². The highest BCUT2D eigenvalue weighted by Crippen LogP contribution is 2.25. The van der Waals surface area contributed by atoms with Crippen LogP contribution in [-0.2, 0) is 11.2 Å². The zero-order valence-electron chi connectivity index (χ0n) is 15.1. The molecule has 0 spiro atoms. The van der Waals surface area contributed by atoms with Crippen molar-refractivity contribution in [2.45, 2.75) is 19.8 Å². The summed E-state index contributed by atoms with van der Waals surface area (Å²) in [6.07, 6.45) is 2.47. The van der Waals surface area contributed by atoms with Gasteiger partial charge in [-0.25, -0.2) is 0 Å². The molecule has 1 aromatic heterocycles. The van der Waals surface area contributed by atoms with Gasteiger partial charge in [0, 0.05) is 16.6 Å². The van der Waals surface area contributed by atoms with E-state index >= 15 is 0 Å². The number of fused-ring (bicyclic) bond motifs is 1. The summed E-state index contributed by atoms with van der Waals surface area (Å²) in [6.45, 7) is 6.04. The second kappa shape index (κ2) is 7.91. The molecule has 3 rings (SSSR count). The Hall–Kier alpha value is -3.34. The van der Waals surface area contributed by atoms with Crippen LogP contribution < -0.4 is 4.74 Å². The number of nitrogens with zero attached hydrogens (tertiary/aromatic N) is 1. The Morgan fingerprint density at radius 2 is 1.93 bits per heavy atom. The number of benzene rings is 2. The van der Waals surface area contributed by atoms with E-state index < -0.39 is 5.97 Å². The summed E-state index contributed by atoms with van der Waals surface area (Å²) in [5.74, 6) is -0.356. The lowest BCUT2D eigenvalue weighted by Gasteiger charge is -2.09. The molecule has 0 aliphatic heterocycles. The molecular weight excluding hydrogens is 342 g/mol. The standard InChI is InChI=1S/C22H21NO4/c1-3-4-12-27-18-10-8-16(9-11-18)22(26)23-15(2)13-19-17(14-21(24)25)6-5-7-20(19)23/h3,5-11,13H,1,4,12,14H2,2H3,(H,24,25). The highest BCUT2D eigenvalue weighted by Gasteiger charge is 2.17. The molecule has 0 aliphatic carbocycles. The van der Waals surface area contributed by atoms with Crippen molar-refractivity contribution in [3.05, 3.63) is 78.0 Å². The van der Waals surface area contributed by atoms with Crippen LogP contribution >= 0.6 is 0 Å². The van der Waals surface area contributed by atoms with Crippen LogP contribution in [0, 0.1) is 6.92 Å². The molecule has 0 aliphatic rings. The lowest BCUT2D eigenvalue weighted by molar-refractivity contribution is -0.136. The van der Waals surface area contributed by atoms with Crippen molar-refractivity contribution in [3.63, 3.8) is 0 Å². The van der Waals surface area contributed by atoms with Gasteiger partial charge in [-0.3, -0.25) is 14.2 Å². The first kappa shape index (κ1) is 18.5. The largest absolute Gasteiger partial charge is 0.493 e. The topological polar surface area (TPSA) is 68.5 Å². The number of aliphatic carboxylic acids is 1. The molecule has 0 radical (unpaired) electrons. The number of carbonyl (C=O) groups is 2. The van der Waals surface area contributed by atoms with E-state index in [1.54, 1.807) is 47.0 Å². The fourth-order valence-electron chi connectivity index (χ4n) is 3.09. The maximum atomic E-state index is 13.0. The predicted octanol–water partition coefficient (Wildman–Crippen LogP) is 4.22. The van der Waals surface area contributed by atoms with Gasteiger partial charge in [0.1, 0.15) is 5.75 Å². The number of aryl methyl sites for hydroxylation is 1. The van der Waals surface area contributed by atoms with Crippen LogP contribution in [-0.4, -0.2) is 28.2 Å². The summed E-state index contributed by atoms with van der Waals surface area (Å²) in [4.78, 5) is 24.1. The number of carboxylic acids is 1. The highest BCUT2D eigenvalue weighted by atomic mass is 16.5. The van der Waals surface area contributed by atoms with Gasteiger partial charge >= 0.3 is 5.97 Å². The number of carbonyl (C=O) groups excluding carboxylic acids is 1. The van der Waals surface area contributed by atoms with Crippen molar-refractivity contribution >= 4 is 22.8 Å². The van der Waals surface area contributed by atoms with Gasteiger partial charge in [-0.15, -0.1) is 6.58 Å². The minimum atomic E-state index is -0.897. The zero-order valence-corrected chi connectivity index (χ0v) is 15.1. The lowest BCUT2D eigenvalue weighted by atomic mass is 10.1. The molecule has 138 valence electrons. The molecular formula is C22H21NO4. The fourth-order valence-corrected chi connectivity index (χ4v) is 3.09. The maximum Gasteiger partial charge on any atom is 0.307 e. The first-order chi connectivity index (χ1) is 13.0. The molecule has 0 saturated heterocycles.